The molecule has 0 aliphatic carbocycles. The zero-order chi connectivity index (χ0) is 23.9. The molecule has 0 saturated heterocycles. The molecule has 0 bridgehead atoms. The van der Waals surface area contributed by atoms with Gasteiger partial charge in [0.25, 0.3) is 0 Å². The fourth-order valence-electron chi connectivity index (χ4n) is 3.51. The second-order valence-electron chi connectivity index (χ2n) is 7.15. The van der Waals surface area contributed by atoms with E-state index in [2.05, 4.69) is 5.10 Å². The highest BCUT2D eigenvalue weighted by atomic mass is 35.5. The number of nitrogens with zero attached hydrogens (tertiary/aromatic N) is 2. The van der Waals surface area contributed by atoms with E-state index in [4.69, 9.17) is 23.2 Å². The van der Waals surface area contributed by atoms with E-state index in [0.717, 1.165) is 22.2 Å². The molecule has 0 aliphatic rings. The first-order valence-electron chi connectivity index (χ1n) is 9.53. The molecule has 10 heteroatoms. The van der Waals surface area contributed by atoms with Crippen LogP contribution in [0.15, 0.2) is 47.6 Å². The number of rotatable bonds is 5. The van der Waals surface area contributed by atoms with Crippen LogP contribution in [0.1, 0.15) is 16.8 Å². The molecule has 1 N–H and O–H groups in total. The predicted molar refractivity (Wildman–Crippen MR) is 120 cm³/mol. The Morgan fingerprint density at radius 1 is 0.909 bits per heavy atom. The predicted octanol–water partition coefficient (Wildman–Crippen LogP) is 7.45. The molecule has 0 saturated carbocycles. The van der Waals surface area contributed by atoms with Gasteiger partial charge in [-0.1, -0.05) is 47.5 Å². The summed E-state index contributed by atoms with van der Waals surface area (Å²) in [5.41, 5.74) is 3.67. The fourth-order valence-corrected chi connectivity index (χ4v) is 3.98. The van der Waals surface area contributed by atoms with Crippen LogP contribution in [0.5, 0.6) is 0 Å². The van der Waals surface area contributed by atoms with Gasteiger partial charge < -0.3 is 4.57 Å². The summed E-state index contributed by atoms with van der Waals surface area (Å²) in [5.74, 6) is -10.3. The molecule has 0 fully saturated rings. The number of hydrogen-bond donors (Lipinski definition) is 1. The number of hydrazone groups is 1. The molecule has 4 rings (SSSR count). The van der Waals surface area contributed by atoms with Gasteiger partial charge in [0.05, 0.1) is 6.21 Å². The minimum Gasteiger partial charge on any atom is -0.340 e. The molecule has 0 radical (unpaired) electrons. The Kier molecular flexibility index (Phi) is 6.32. The third-order valence-electron chi connectivity index (χ3n) is 5.20. The topological polar surface area (TPSA) is 29.3 Å². The summed E-state index contributed by atoms with van der Waals surface area (Å²) >= 11 is 12.3. The number of halogens is 7. The SMILES string of the molecule is Cc1c(/C=N/Nc2c(F)c(F)c(F)c(F)c2F)c2ccccc2n1Cc1ccc(Cl)cc1Cl. The number of anilines is 1. The van der Waals surface area contributed by atoms with E-state index in [0.29, 0.717) is 22.2 Å². The third-order valence-corrected chi connectivity index (χ3v) is 5.79. The van der Waals surface area contributed by atoms with E-state index >= 15 is 0 Å². The highest BCUT2D eigenvalue weighted by Gasteiger charge is 2.25. The summed E-state index contributed by atoms with van der Waals surface area (Å²) < 4.78 is 69.8. The van der Waals surface area contributed by atoms with Gasteiger partial charge in [-0.25, -0.2) is 22.0 Å². The molecular weight excluding hydrogens is 484 g/mol. The molecule has 0 atom stereocenters. The number of benzene rings is 3. The Bertz CT molecular complexity index is 1390. The maximum atomic E-state index is 13.9. The fraction of sp³-hybridized carbons (Fsp3) is 0.0870. The number of fused-ring (bicyclic) bond motifs is 1. The maximum Gasteiger partial charge on any atom is 0.200 e. The molecule has 4 aromatic rings. The lowest BCUT2D eigenvalue weighted by Crippen LogP contribution is -2.07. The lowest BCUT2D eigenvalue weighted by molar-refractivity contribution is 0.381. The van der Waals surface area contributed by atoms with Crippen LogP contribution in [-0.2, 0) is 6.54 Å². The molecule has 33 heavy (non-hydrogen) atoms. The maximum absolute atomic E-state index is 13.9. The standard InChI is InChI=1S/C23H14Cl2F5N3/c1-11-15(9-31-32-23-21(29)19(27)18(26)20(28)22(23)30)14-4-2-3-5-17(14)33(11)10-12-6-7-13(24)8-16(12)25/h2-9,32H,10H2,1H3/b31-9+. The summed E-state index contributed by atoms with van der Waals surface area (Å²) in [6.07, 6.45) is 1.26. The first kappa shape index (κ1) is 23.1. The smallest absolute Gasteiger partial charge is 0.200 e. The minimum absolute atomic E-state index is 0.404. The van der Waals surface area contributed by atoms with E-state index in [1.165, 1.54) is 6.21 Å². The van der Waals surface area contributed by atoms with Crippen molar-refractivity contribution in [2.45, 2.75) is 13.5 Å². The van der Waals surface area contributed by atoms with E-state index in [1.54, 1.807) is 24.3 Å². The summed E-state index contributed by atoms with van der Waals surface area (Å²) in [5, 5.41) is 5.50. The van der Waals surface area contributed by atoms with Crippen molar-refractivity contribution in [1.82, 2.24) is 4.57 Å². The Hall–Kier alpha value is -3.10. The van der Waals surface area contributed by atoms with E-state index in [-0.39, 0.29) is 0 Å². The van der Waals surface area contributed by atoms with Gasteiger partial charge in [-0.3, -0.25) is 5.43 Å². The number of nitrogens with one attached hydrogen (secondary N) is 1. The summed E-state index contributed by atoms with van der Waals surface area (Å²) in [4.78, 5) is 0. The van der Waals surface area contributed by atoms with Gasteiger partial charge in [-0.05, 0) is 30.7 Å². The molecule has 0 spiro atoms. The van der Waals surface area contributed by atoms with E-state index in [9.17, 15) is 22.0 Å². The zero-order valence-electron chi connectivity index (χ0n) is 16.9. The highest BCUT2D eigenvalue weighted by Crippen LogP contribution is 2.29. The van der Waals surface area contributed by atoms with Crippen molar-refractivity contribution in [3.8, 4) is 0 Å². The van der Waals surface area contributed by atoms with Crippen molar-refractivity contribution >= 4 is 46.0 Å². The summed E-state index contributed by atoms with van der Waals surface area (Å²) in [7, 11) is 0. The van der Waals surface area contributed by atoms with Crippen molar-refractivity contribution < 1.29 is 22.0 Å². The normalized spacial score (nSPS) is 11.6. The second kappa shape index (κ2) is 9.03. The van der Waals surface area contributed by atoms with Crippen molar-refractivity contribution in [2.75, 3.05) is 5.43 Å². The molecular formula is C23H14Cl2F5N3. The average Bonchev–Trinajstić information content (AvgIpc) is 3.06. The van der Waals surface area contributed by atoms with Crippen LogP contribution >= 0.6 is 23.2 Å². The van der Waals surface area contributed by atoms with Crippen molar-refractivity contribution in [1.29, 1.82) is 0 Å². The van der Waals surface area contributed by atoms with Crippen LogP contribution in [0.4, 0.5) is 27.6 Å². The molecule has 1 heterocycles. The molecule has 0 amide bonds. The van der Waals surface area contributed by atoms with Crippen LogP contribution in [0.2, 0.25) is 10.0 Å². The monoisotopic (exact) mass is 497 g/mol. The second-order valence-corrected chi connectivity index (χ2v) is 8.00. The van der Waals surface area contributed by atoms with Gasteiger partial charge in [0.15, 0.2) is 23.3 Å². The first-order chi connectivity index (χ1) is 15.7. The van der Waals surface area contributed by atoms with Crippen molar-refractivity contribution in [3.63, 3.8) is 0 Å². The Morgan fingerprint density at radius 3 is 2.21 bits per heavy atom. The van der Waals surface area contributed by atoms with Crippen molar-refractivity contribution in [2.24, 2.45) is 5.10 Å². The van der Waals surface area contributed by atoms with Crippen LogP contribution in [0.25, 0.3) is 10.9 Å². The van der Waals surface area contributed by atoms with Crippen LogP contribution in [0.3, 0.4) is 0 Å². The van der Waals surface area contributed by atoms with Crippen LogP contribution in [0, 0.1) is 36.0 Å². The lowest BCUT2D eigenvalue weighted by atomic mass is 10.1. The molecule has 170 valence electrons. The number of aromatic nitrogens is 1. The Balaban J connectivity index is 1.73. The average molecular weight is 498 g/mol. The van der Waals surface area contributed by atoms with Gasteiger partial charge in [-0.2, -0.15) is 5.10 Å². The highest BCUT2D eigenvalue weighted by molar-refractivity contribution is 6.35. The third kappa shape index (κ3) is 4.16. The van der Waals surface area contributed by atoms with Crippen LogP contribution < -0.4 is 5.43 Å². The molecule has 1 aromatic heterocycles. The zero-order valence-corrected chi connectivity index (χ0v) is 18.4. The molecule has 0 unspecified atom stereocenters. The largest absolute Gasteiger partial charge is 0.340 e. The minimum atomic E-state index is -2.24. The Morgan fingerprint density at radius 2 is 1.55 bits per heavy atom. The van der Waals surface area contributed by atoms with Crippen LogP contribution in [-0.4, -0.2) is 10.8 Å². The lowest BCUT2D eigenvalue weighted by Gasteiger charge is -2.10. The molecule has 3 nitrogen and oxygen atoms in total. The Labute approximate surface area is 195 Å². The van der Waals surface area contributed by atoms with Gasteiger partial charge in [0, 0.05) is 38.8 Å². The van der Waals surface area contributed by atoms with Gasteiger partial charge in [0.2, 0.25) is 5.82 Å². The summed E-state index contributed by atoms with van der Waals surface area (Å²) in [6, 6.07) is 12.5. The molecule has 0 aliphatic heterocycles. The number of hydrogen-bond acceptors (Lipinski definition) is 2. The van der Waals surface area contributed by atoms with Gasteiger partial charge in [-0.15, -0.1) is 0 Å². The van der Waals surface area contributed by atoms with Gasteiger partial charge in [0.1, 0.15) is 5.69 Å². The quantitative estimate of drug-likeness (QED) is 0.100. The first-order valence-corrected chi connectivity index (χ1v) is 10.3. The van der Waals surface area contributed by atoms with E-state index < -0.39 is 34.8 Å². The molecule has 3 aromatic carbocycles. The van der Waals surface area contributed by atoms with Crippen molar-refractivity contribution in [3.05, 3.63) is 98.4 Å². The van der Waals surface area contributed by atoms with Gasteiger partial charge >= 0.3 is 0 Å². The summed E-state index contributed by atoms with van der Waals surface area (Å²) in [6.45, 7) is 2.21. The number of para-hydroxylation sites is 1. The van der Waals surface area contributed by atoms with E-state index in [1.807, 2.05) is 35.1 Å².